The third-order valence-electron chi connectivity index (χ3n) is 3.78. The van der Waals surface area contributed by atoms with E-state index in [0.29, 0.717) is 29.3 Å². The Morgan fingerprint density at radius 2 is 1.73 bits per heavy atom. The molecule has 0 saturated heterocycles. The van der Waals surface area contributed by atoms with E-state index in [1.807, 2.05) is 24.3 Å². The number of sulfonamides is 1. The maximum atomic E-state index is 12.9. The molecule has 0 spiro atoms. The molecule has 7 heteroatoms. The van der Waals surface area contributed by atoms with Crippen LogP contribution < -0.4 is 4.31 Å². The van der Waals surface area contributed by atoms with Crippen LogP contribution in [0.3, 0.4) is 0 Å². The van der Waals surface area contributed by atoms with Crippen molar-refractivity contribution in [3.05, 3.63) is 53.6 Å². The average Bonchev–Trinajstić information content (AvgIpc) is 2.89. The molecule has 0 fully saturated rings. The third kappa shape index (κ3) is 1.91. The molecule has 0 radical (unpaired) electrons. The number of nitrogens with zero attached hydrogens (tertiary/aromatic N) is 3. The number of rotatable bonds is 1. The summed E-state index contributed by atoms with van der Waals surface area (Å²) in [4.78, 5) is 4.31. The molecule has 0 amide bonds. The molecule has 1 aromatic heterocycles. The van der Waals surface area contributed by atoms with Gasteiger partial charge < -0.3 is 4.57 Å². The Kier molecular flexibility index (Phi) is 2.92. The lowest BCUT2D eigenvalue weighted by molar-refractivity contribution is 0.539. The second-order valence-electron chi connectivity index (χ2n) is 5.09. The summed E-state index contributed by atoms with van der Waals surface area (Å²) in [7, 11) is -3.67. The van der Waals surface area contributed by atoms with Gasteiger partial charge in [0.25, 0.3) is 10.0 Å². The van der Waals surface area contributed by atoms with E-state index in [2.05, 4.69) is 4.98 Å². The Morgan fingerprint density at radius 1 is 1.00 bits per heavy atom. The SMILES string of the molecule is O=S1(=O)c2nc3ccccc3n2CCN1c1ccc(Cl)cc1. The van der Waals surface area contributed by atoms with Crippen LogP contribution in [0.5, 0.6) is 0 Å². The summed E-state index contributed by atoms with van der Waals surface area (Å²) in [5, 5.41) is 0.667. The zero-order valence-corrected chi connectivity index (χ0v) is 13.0. The van der Waals surface area contributed by atoms with Gasteiger partial charge in [-0.25, -0.2) is 4.98 Å². The molecule has 2 aromatic carbocycles. The summed E-state index contributed by atoms with van der Waals surface area (Å²) in [5.74, 6) is 0. The van der Waals surface area contributed by atoms with Crippen molar-refractivity contribution in [2.24, 2.45) is 0 Å². The van der Waals surface area contributed by atoms with Crippen LogP contribution in [-0.4, -0.2) is 24.5 Å². The second-order valence-corrected chi connectivity index (χ2v) is 7.28. The number of fused-ring (bicyclic) bond motifs is 3. The molecule has 2 heterocycles. The Labute approximate surface area is 132 Å². The zero-order valence-electron chi connectivity index (χ0n) is 11.5. The average molecular weight is 334 g/mol. The van der Waals surface area contributed by atoms with E-state index in [0.717, 1.165) is 5.52 Å². The van der Waals surface area contributed by atoms with Crippen molar-refractivity contribution < 1.29 is 8.42 Å². The fourth-order valence-corrected chi connectivity index (χ4v) is 4.48. The molecule has 1 aliphatic rings. The largest absolute Gasteiger partial charge is 0.311 e. The highest BCUT2D eigenvalue weighted by Gasteiger charge is 2.34. The van der Waals surface area contributed by atoms with Crippen molar-refractivity contribution in [2.75, 3.05) is 10.8 Å². The minimum absolute atomic E-state index is 0.0925. The lowest BCUT2D eigenvalue weighted by Gasteiger charge is -2.29. The van der Waals surface area contributed by atoms with E-state index in [9.17, 15) is 8.42 Å². The minimum Gasteiger partial charge on any atom is -0.311 e. The lowest BCUT2D eigenvalue weighted by Crippen LogP contribution is -2.40. The maximum absolute atomic E-state index is 12.9. The van der Waals surface area contributed by atoms with Crippen molar-refractivity contribution in [3.8, 4) is 0 Å². The predicted molar refractivity (Wildman–Crippen MR) is 85.7 cm³/mol. The van der Waals surface area contributed by atoms with Gasteiger partial charge >= 0.3 is 0 Å². The summed E-state index contributed by atoms with van der Waals surface area (Å²) in [6, 6.07) is 14.2. The molecule has 4 rings (SSSR count). The number of benzene rings is 2. The molecule has 5 nitrogen and oxygen atoms in total. The van der Waals surface area contributed by atoms with Crippen molar-refractivity contribution >= 4 is 38.3 Å². The highest BCUT2D eigenvalue weighted by atomic mass is 35.5. The molecule has 0 saturated carbocycles. The van der Waals surface area contributed by atoms with Gasteiger partial charge in [0.15, 0.2) is 0 Å². The topological polar surface area (TPSA) is 55.2 Å². The van der Waals surface area contributed by atoms with Gasteiger partial charge in [0.1, 0.15) is 0 Å². The number of imidazole rings is 1. The van der Waals surface area contributed by atoms with Crippen LogP contribution in [0.25, 0.3) is 11.0 Å². The minimum atomic E-state index is -3.67. The van der Waals surface area contributed by atoms with Gasteiger partial charge in [0, 0.05) is 11.6 Å². The predicted octanol–water partition coefficient (Wildman–Crippen LogP) is 2.90. The van der Waals surface area contributed by atoms with E-state index >= 15 is 0 Å². The summed E-state index contributed by atoms with van der Waals surface area (Å²) < 4.78 is 28.9. The molecular weight excluding hydrogens is 322 g/mol. The monoisotopic (exact) mass is 333 g/mol. The normalized spacial score (nSPS) is 16.7. The highest BCUT2D eigenvalue weighted by molar-refractivity contribution is 7.92. The van der Waals surface area contributed by atoms with Gasteiger partial charge in [-0.2, -0.15) is 8.42 Å². The van der Waals surface area contributed by atoms with Gasteiger partial charge in [0.2, 0.25) is 5.16 Å². The maximum Gasteiger partial charge on any atom is 0.298 e. The van der Waals surface area contributed by atoms with E-state index in [1.54, 1.807) is 28.8 Å². The fraction of sp³-hybridized carbons (Fsp3) is 0.133. The van der Waals surface area contributed by atoms with Gasteiger partial charge in [-0.1, -0.05) is 23.7 Å². The summed E-state index contributed by atoms with van der Waals surface area (Å²) in [5.41, 5.74) is 2.14. The Morgan fingerprint density at radius 3 is 2.50 bits per heavy atom. The zero-order chi connectivity index (χ0) is 15.3. The van der Waals surface area contributed by atoms with Crippen LogP contribution >= 0.6 is 11.6 Å². The molecule has 3 aromatic rings. The molecule has 0 bridgehead atoms. The van der Waals surface area contributed by atoms with E-state index in [1.165, 1.54) is 4.31 Å². The second kappa shape index (κ2) is 4.72. The molecule has 0 unspecified atom stereocenters. The lowest BCUT2D eigenvalue weighted by atomic mass is 10.3. The van der Waals surface area contributed by atoms with Crippen molar-refractivity contribution in [2.45, 2.75) is 11.7 Å². The first-order valence-corrected chi connectivity index (χ1v) is 8.63. The fourth-order valence-electron chi connectivity index (χ4n) is 2.75. The van der Waals surface area contributed by atoms with Crippen LogP contribution in [0.15, 0.2) is 53.7 Å². The molecule has 112 valence electrons. The van der Waals surface area contributed by atoms with Crippen molar-refractivity contribution in [3.63, 3.8) is 0 Å². The van der Waals surface area contributed by atoms with E-state index in [4.69, 9.17) is 11.6 Å². The summed E-state index contributed by atoms with van der Waals surface area (Å²) in [6.07, 6.45) is 0. The highest BCUT2D eigenvalue weighted by Crippen LogP contribution is 2.30. The first-order chi connectivity index (χ1) is 10.6. The number of aromatic nitrogens is 2. The number of hydrogen-bond acceptors (Lipinski definition) is 3. The van der Waals surface area contributed by atoms with Crippen LogP contribution in [0.4, 0.5) is 5.69 Å². The van der Waals surface area contributed by atoms with Crippen molar-refractivity contribution in [1.82, 2.24) is 9.55 Å². The molecule has 22 heavy (non-hydrogen) atoms. The van der Waals surface area contributed by atoms with Crippen molar-refractivity contribution in [1.29, 1.82) is 0 Å². The molecule has 0 N–H and O–H groups in total. The van der Waals surface area contributed by atoms with Crippen LogP contribution in [-0.2, 0) is 16.6 Å². The van der Waals surface area contributed by atoms with E-state index < -0.39 is 10.0 Å². The molecule has 0 atom stereocenters. The molecule has 1 aliphatic heterocycles. The molecule has 0 aliphatic carbocycles. The summed E-state index contributed by atoms with van der Waals surface area (Å²) in [6.45, 7) is 0.940. The van der Waals surface area contributed by atoms with Gasteiger partial charge in [-0.05, 0) is 36.4 Å². The summed E-state index contributed by atoms with van der Waals surface area (Å²) >= 11 is 5.87. The van der Waals surface area contributed by atoms with Crippen LogP contribution in [0, 0.1) is 0 Å². The number of halogens is 1. The first kappa shape index (κ1) is 13.6. The van der Waals surface area contributed by atoms with E-state index in [-0.39, 0.29) is 5.16 Å². The van der Waals surface area contributed by atoms with Gasteiger partial charge in [0.05, 0.1) is 23.3 Å². The Balaban J connectivity index is 1.89. The quantitative estimate of drug-likeness (QED) is 0.688. The van der Waals surface area contributed by atoms with Crippen LogP contribution in [0.1, 0.15) is 0 Å². The standard InChI is InChI=1S/C15H12ClN3O2S/c16-11-5-7-12(8-6-11)19-10-9-18-14-4-2-1-3-13(14)17-15(18)22(19,20)21/h1-8H,9-10H2. The van der Waals surface area contributed by atoms with Gasteiger partial charge in [-0.15, -0.1) is 0 Å². The Bertz CT molecular complexity index is 964. The van der Waals surface area contributed by atoms with Crippen LogP contribution in [0.2, 0.25) is 5.02 Å². The number of para-hydroxylation sites is 2. The van der Waals surface area contributed by atoms with Gasteiger partial charge in [-0.3, -0.25) is 4.31 Å². The number of anilines is 1. The third-order valence-corrected chi connectivity index (χ3v) is 5.78. The smallest absolute Gasteiger partial charge is 0.298 e. The molecular formula is C15H12ClN3O2S. The first-order valence-electron chi connectivity index (χ1n) is 6.81. The number of hydrogen-bond donors (Lipinski definition) is 0. The Hall–Kier alpha value is -2.05.